The summed E-state index contributed by atoms with van der Waals surface area (Å²) in [5.74, 6) is -0.744. The zero-order chi connectivity index (χ0) is 33.9. The summed E-state index contributed by atoms with van der Waals surface area (Å²) in [5.41, 5.74) is 15.7. The number of aliphatic imine (C=N–C) groups is 1. The van der Waals surface area contributed by atoms with Gasteiger partial charge in [-0.2, -0.15) is 0 Å². The van der Waals surface area contributed by atoms with Crippen molar-refractivity contribution in [1.82, 2.24) is 10.9 Å². The van der Waals surface area contributed by atoms with Crippen molar-refractivity contribution in [2.75, 3.05) is 20.3 Å². The summed E-state index contributed by atoms with van der Waals surface area (Å²) < 4.78 is 45.4. The minimum Gasteiger partial charge on any atom is -0.497 e. The number of azide groups is 1. The van der Waals surface area contributed by atoms with Crippen LogP contribution < -0.4 is 20.3 Å². The second-order valence-corrected chi connectivity index (χ2v) is 11.0. The molecule has 1 aliphatic heterocycles. The molecule has 13 heteroatoms. The van der Waals surface area contributed by atoms with E-state index in [-0.39, 0.29) is 37.6 Å². The smallest absolute Gasteiger partial charge is 0.266 e. The molecule has 3 N–H and O–H groups in total. The highest BCUT2D eigenvalue weighted by atomic mass is 19.1. The van der Waals surface area contributed by atoms with E-state index in [1.54, 1.807) is 48.5 Å². The van der Waals surface area contributed by atoms with Crippen molar-refractivity contribution in [2.24, 2.45) is 10.1 Å². The first-order chi connectivity index (χ1) is 23.3. The highest BCUT2D eigenvalue weighted by Gasteiger charge is 2.53. The normalized spacial score (nSPS) is 16.8. The Morgan fingerprint density at radius 3 is 2.48 bits per heavy atom. The highest BCUT2D eigenvalue weighted by molar-refractivity contribution is 6.01. The summed E-state index contributed by atoms with van der Waals surface area (Å²) in [6.07, 6.45) is -0.454. The Morgan fingerprint density at radius 2 is 1.77 bits per heavy atom. The largest absolute Gasteiger partial charge is 0.497 e. The van der Waals surface area contributed by atoms with Gasteiger partial charge >= 0.3 is 0 Å². The van der Waals surface area contributed by atoms with Crippen molar-refractivity contribution in [2.45, 2.75) is 37.6 Å². The van der Waals surface area contributed by atoms with E-state index in [0.29, 0.717) is 46.8 Å². The molecule has 5 rings (SSSR count). The molecule has 0 radical (unpaired) electrons. The van der Waals surface area contributed by atoms with Crippen molar-refractivity contribution >= 4 is 11.8 Å². The summed E-state index contributed by atoms with van der Waals surface area (Å²) in [5, 5.41) is 12.8. The van der Waals surface area contributed by atoms with Crippen LogP contribution in [0.5, 0.6) is 11.5 Å². The Balaban J connectivity index is 1.57. The summed E-state index contributed by atoms with van der Waals surface area (Å²) in [6, 6.07) is 24.5. The monoisotopic (exact) mass is 656 g/mol. The van der Waals surface area contributed by atoms with Crippen LogP contribution in [0.2, 0.25) is 0 Å². The van der Waals surface area contributed by atoms with Gasteiger partial charge in [-0.1, -0.05) is 41.5 Å². The van der Waals surface area contributed by atoms with Gasteiger partial charge in [-0.05, 0) is 76.3 Å². The van der Waals surface area contributed by atoms with Gasteiger partial charge in [0.2, 0.25) is 5.90 Å². The van der Waals surface area contributed by atoms with E-state index in [1.807, 2.05) is 24.3 Å². The van der Waals surface area contributed by atoms with Gasteiger partial charge in [0.1, 0.15) is 23.1 Å². The molecule has 0 aromatic heterocycles. The van der Waals surface area contributed by atoms with E-state index in [1.165, 1.54) is 7.11 Å². The zero-order valence-electron chi connectivity index (χ0n) is 26.1. The number of methoxy groups -OCH3 is 1. The van der Waals surface area contributed by atoms with Crippen LogP contribution in [0.1, 0.15) is 40.3 Å². The molecule has 4 aromatic rings. The van der Waals surface area contributed by atoms with Gasteiger partial charge in [0.05, 0.1) is 20.3 Å². The number of hydrazine groups is 1. The van der Waals surface area contributed by atoms with Crippen LogP contribution >= 0.6 is 0 Å². The zero-order valence-corrected chi connectivity index (χ0v) is 26.1. The van der Waals surface area contributed by atoms with Crippen LogP contribution in [0.15, 0.2) is 101 Å². The number of amides is 1. The Labute approximate surface area is 275 Å². The van der Waals surface area contributed by atoms with Crippen LogP contribution in [0.25, 0.3) is 10.4 Å². The first-order valence-corrected chi connectivity index (χ1v) is 15.2. The average molecular weight is 657 g/mol. The second kappa shape index (κ2) is 15.9. The predicted molar refractivity (Wildman–Crippen MR) is 174 cm³/mol. The molecule has 0 aliphatic carbocycles. The quantitative estimate of drug-likeness (QED) is 0.0479. The van der Waals surface area contributed by atoms with Gasteiger partial charge in [-0.15, -0.1) is 0 Å². The molecule has 0 unspecified atom stereocenters. The van der Waals surface area contributed by atoms with E-state index in [4.69, 9.17) is 29.8 Å². The first kappa shape index (κ1) is 33.9. The molecule has 11 nitrogen and oxygen atoms in total. The van der Waals surface area contributed by atoms with Gasteiger partial charge in [0.25, 0.3) is 5.91 Å². The molecule has 248 valence electrons. The third kappa shape index (κ3) is 8.07. The number of carbonyl (C=O) groups is 1. The van der Waals surface area contributed by atoms with E-state index < -0.39 is 29.2 Å². The fourth-order valence-electron chi connectivity index (χ4n) is 5.42. The van der Waals surface area contributed by atoms with Crippen molar-refractivity contribution in [3.05, 3.63) is 141 Å². The Morgan fingerprint density at radius 1 is 1.02 bits per heavy atom. The molecule has 1 heterocycles. The van der Waals surface area contributed by atoms with E-state index in [2.05, 4.69) is 20.9 Å². The number of hydrogen-bond acceptors (Lipinski definition) is 8. The SMILES string of the molecule is COc1cccc([C@@H]2OC(c3ccc(OCCCO)cc3)=N[C@]2(Cc2ccccc2CN=[N+]=[N-])C(=O)NNCc2cc(F)cc(F)c2)c1. The third-order valence-corrected chi connectivity index (χ3v) is 7.73. The van der Waals surface area contributed by atoms with Gasteiger partial charge in [-0.25, -0.2) is 19.2 Å². The van der Waals surface area contributed by atoms with Crippen LogP contribution in [0.4, 0.5) is 8.78 Å². The summed E-state index contributed by atoms with van der Waals surface area (Å²) in [4.78, 5) is 22.4. The molecule has 1 aliphatic rings. The Hall–Kier alpha value is -5.49. The molecule has 0 spiro atoms. The number of aliphatic hydroxyl groups is 1. The lowest BCUT2D eigenvalue weighted by molar-refractivity contribution is -0.130. The minimum atomic E-state index is -1.63. The van der Waals surface area contributed by atoms with E-state index in [9.17, 15) is 13.6 Å². The summed E-state index contributed by atoms with van der Waals surface area (Å²) in [6.45, 7) is 0.327. The fourth-order valence-corrected chi connectivity index (χ4v) is 5.42. The molecule has 48 heavy (non-hydrogen) atoms. The lowest BCUT2D eigenvalue weighted by Crippen LogP contribution is -2.53. The molecule has 1 amide bonds. The maximum absolute atomic E-state index is 14.5. The topological polar surface area (TPSA) is 150 Å². The minimum absolute atomic E-state index is 0.0124. The number of aliphatic hydroxyl groups excluding tert-OH is 1. The van der Waals surface area contributed by atoms with Crippen molar-refractivity contribution in [3.63, 3.8) is 0 Å². The van der Waals surface area contributed by atoms with Crippen LogP contribution in [0, 0.1) is 11.6 Å². The summed E-state index contributed by atoms with van der Waals surface area (Å²) in [7, 11) is 1.53. The number of hydrogen-bond donors (Lipinski definition) is 3. The van der Waals surface area contributed by atoms with E-state index in [0.717, 1.165) is 18.2 Å². The fraction of sp³-hybridized carbons (Fsp3) is 0.257. The Kier molecular flexibility index (Phi) is 11.2. The van der Waals surface area contributed by atoms with Crippen LogP contribution in [-0.2, 0) is 29.0 Å². The molecular weight excluding hydrogens is 622 g/mol. The number of ether oxygens (including phenoxy) is 3. The maximum atomic E-state index is 14.5. The average Bonchev–Trinajstić information content (AvgIpc) is 3.48. The van der Waals surface area contributed by atoms with Crippen LogP contribution in [0.3, 0.4) is 0 Å². The van der Waals surface area contributed by atoms with Gasteiger partial charge < -0.3 is 19.3 Å². The van der Waals surface area contributed by atoms with Crippen molar-refractivity contribution < 1.29 is 32.9 Å². The molecule has 2 atom stereocenters. The molecular formula is C35H34F2N6O5. The van der Waals surface area contributed by atoms with Crippen molar-refractivity contribution in [1.29, 1.82) is 0 Å². The molecule has 0 bridgehead atoms. The summed E-state index contributed by atoms with van der Waals surface area (Å²) >= 11 is 0. The van der Waals surface area contributed by atoms with E-state index >= 15 is 0 Å². The Bertz CT molecular complexity index is 1800. The molecule has 0 saturated heterocycles. The molecule has 0 fully saturated rings. The highest BCUT2D eigenvalue weighted by Crippen LogP contribution is 2.43. The van der Waals surface area contributed by atoms with Crippen LogP contribution in [-0.4, -0.2) is 42.8 Å². The van der Waals surface area contributed by atoms with Crippen molar-refractivity contribution in [3.8, 4) is 11.5 Å². The number of carbonyl (C=O) groups excluding carboxylic acids is 1. The number of benzene rings is 4. The predicted octanol–water partition coefficient (Wildman–Crippen LogP) is 5.87. The number of rotatable bonds is 15. The number of nitrogens with zero attached hydrogens (tertiary/aromatic N) is 4. The molecule has 0 saturated carbocycles. The second-order valence-electron chi connectivity index (χ2n) is 11.0. The van der Waals surface area contributed by atoms with Gasteiger partial charge in [-0.3, -0.25) is 10.2 Å². The first-order valence-electron chi connectivity index (χ1n) is 15.2. The van der Waals surface area contributed by atoms with Gasteiger partial charge in [0, 0.05) is 42.5 Å². The molecule has 4 aromatic carbocycles. The maximum Gasteiger partial charge on any atom is 0.266 e. The van der Waals surface area contributed by atoms with Gasteiger partial charge in [0.15, 0.2) is 11.6 Å². The lowest BCUT2D eigenvalue weighted by atomic mass is 9.81. The number of nitrogens with one attached hydrogen (secondary N) is 2. The third-order valence-electron chi connectivity index (χ3n) is 7.73. The number of halogens is 2. The standard InChI is InChI=1S/C35H34F2N6O5/c1-46-31-9-4-8-25(18-31)32-35(20-26-6-2-3-7-27(26)22-40-43-38,34(45)42-39-21-23-16-28(36)19-29(37)17-23)41-33(48-32)24-10-12-30(13-11-24)47-15-5-14-44/h2-4,6-13,16-19,32,39,44H,5,14-15,20-22H2,1H3,(H,42,45)/t32-,35-/m0/s1. The lowest BCUT2D eigenvalue weighted by Gasteiger charge is -2.31.